The van der Waals surface area contributed by atoms with Crippen molar-refractivity contribution in [3.05, 3.63) is 135 Å². The lowest BCUT2D eigenvalue weighted by atomic mass is 9.77. The Balaban J connectivity index is 1.43. The highest BCUT2D eigenvalue weighted by molar-refractivity contribution is 6.06. The maximum atomic E-state index is 2.64. The van der Waals surface area contributed by atoms with Gasteiger partial charge in [0.05, 0.1) is 0 Å². The molecule has 0 N–H and O–H groups in total. The first-order valence-electron chi connectivity index (χ1n) is 15.0. The van der Waals surface area contributed by atoms with E-state index in [0.29, 0.717) is 11.8 Å². The zero-order valence-electron chi connectivity index (χ0n) is 22.9. The normalized spacial score (nSPS) is 20.6. The van der Waals surface area contributed by atoms with Crippen LogP contribution in [-0.4, -0.2) is 0 Å². The molecule has 0 nitrogen and oxygen atoms in total. The third-order valence-corrected chi connectivity index (χ3v) is 9.51. The lowest BCUT2D eigenvalue weighted by Gasteiger charge is -2.27. The Labute approximate surface area is 237 Å². The molecule has 0 aromatic heterocycles. The highest BCUT2D eigenvalue weighted by Gasteiger charge is 2.24. The molecule has 4 aliphatic rings. The fraction of sp³-hybridized carbons (Fsp3) is 0.200. The van der Waals surface area contributed by atoms with Crippen LogP contribution in [0.2, 0.25) is 0 Å². The van der Waals surface area contributed by atoms with Gasteiger partial charge in [0.15, 0.2) is 0 Å². The molecule has 2 atom stereocenters. The Kier molecular flexibility index (Phi) is 5.80. The Hall–Kier alpha value is -4.16. The number of hydrogen-bond acceptors (Lipinski definition) is 0. The average molecular weight is 515 g/mol. The lowest BCUT2D eigenvalue weighted by Crippen LogP contribution is -2.36. The molecule has 0 aliphatic heterocycles. The first-order valence-corrected chi connectivity index (χ1v) is 15.0. The molecule has 40 heavy (non-hydrogen) atoms. The van der Waals surface area contributed by atoms with Gasteiger partial charge in [-0.1, -0.05) is 121 Å². The molecule has 194 valence electrons. The Morgan fingerprint density at radius 2 is 1.50 bits per heavy atom. The molecule has 0 radical (unpaired) electrons. The summed E-state index contributed by atoms with van der Waals surface area (Å²) in [5.74, 6) is 1.08. The van der Waals surface area contributed by atoms with Gasteiger partial charge >= 0.3 is 0 Å². The van der Waals surface area contributed by atoms with Crippen molar-refractivity contribution in [1.29, 1.82) is 0 Å². The van der Waals surface area contributed by atoms with Crippen molar-refractivity contribution in [2.45, 2.75) is 38.5 Å². The number of hydrogen-bond donors (Lipinski definition) is 0. The van der Waals surface area contributed by atoms with Crippen LogP contribution < -0.4 is 10.4 Å². The number of benzene rings is 4. The molecule has 0 spiro atoms. The second-order valence-corrected chi connectivity index (χ2v) is 11.8. The van der Waals surface area contributed by atoms with Gasteiger partial charge in [0.1, 0.15) is 0 Å². The van der Waals surface area contributed by atoms with Gasteiger partial charge < -0.3 is 0 Å². The van der Waals surface area contributed by atoms with Gasteiger partial charge in [-0.25, -0.2) is 0 Å². The van der Waals surface area contributed by atoms with Crippen molar-refractivity contribution in [1.82, 2.24) is 0 Å². The molecule has 0 fully saturated rings. The van der Waals surface area contributed by atoms with Crippen LogP contribution >= 0.6 is 0 Å². The Morgan fingerprint density at radius 3 is 2.40 bits per heavy atom. The Bertz CT molecular complexity index is 1910. The molecular weight excluding hydrogens is 480 g/mol. The predicted octanol–water partition coefficient (Wildman–Crippen LogP) is 8.67. The molecule has 4 aromatic carbocycles. The topological polar surface area (TPSA) is 0 Å². The van der Waals surface area contributed by atoms with Gasteiger partial charge in [-0.15, -0.1) is 0 Å². The zero-order valence-corrected chi connectivity index (χ0v) is 22.9. The quantitative estimate of drug-likeness (QED) is 0.257. The summed E-state index contributed by atoms with van der Waals surface area (Å²) in [7, 11) is 0. The summed E-state index contributed by atoms with van der Waals surface area (Å²) in [5.41, 5.74) is 11.4. The van der Waals surface area contributed by atoms with Crippen molar-refractivity contribution in [3.8, 4) is 11.1 Å². The molecule has 0 saturated heterocycles. The standard InChI is InChI=1S/C40H34/c1-2-10-27(11-3-1)32-22-23-37-38(26-32)40(34-21-19-29-13-5-7-15-31(29)25-34)36-17-9-8-16-35(36)39(37)33-20-18-28-12-4-6-14-30(28)24-33/h1-6,8-10,12-14,16-17,19,21,23-27,32H,7,11,15,18,20,22H2. The molecule has 4 aromatic rings. The van der Waals surface area contributed by atoms with Crippen LogP contribution in [0.15, 0.2) is 97.1 Å². The molecule has 0 saturated carbocycles. The fourth-order valence-electron chi connectivity index (χ4n) is 7.49. The van der Waals surface area contributed by atoms with Gasteiger partial charge in [-0.05, 0) is 116 Å². The van der Waals surface area contributed by atoms with Crippen LogP contribution in [0.25, 0.3) is 51.8 Å². The van der Waals surface area contributed by atoms with Gasteiger partial charge in [0, 0.05) is 0 Å². The number of rotatable bonds is 3. The van der Waals surface area contributed by atoms with Crippen molar-refractivity contribution in [3.63, 3.8) is 0 Å². The van der Waals surface area contributed by atoms with Crippen LogP contribution in [0.3, 0.4) is 0 Å². The summed E-state index contributed by atoms with van der Waals surface area (Å²) in [5, 5.41) is 5.66. The lowest BCUT2D eigenvalue weighted by molar-refractivity contribution is 0.509. The third-order valence-electron chi connectivity index (χ3n) is 9.51. The van der Waals surface area contributed by atoms with E-state index in [4.69, 9.17) is 0 Å². The van der Waals surface area contributed by atoms with Crippen LogP contribution in [0.5, 0.6) is 0 Å². The van der Waals surface area contributed by atoms with Crippen LogP contribution in [-0.2, 0) is 12.8 Å². The highest BCUT2D eigenvalue weighted by Crippen LogP contribution is 2.37. The molecule has 2 unspecified atom stereocenters. The summed E-state index contributed by atoms with van der Waals surface area (Å²) in [6, 6.07) is 25.3. The third kappa shape index (κ3) is 3.97. The minimum atomic E-state index is 0.517. The maximum absolute atomic E-state index is 2.64. The largest absolute Gasteiger partial charge is 0.0839 e. The molecule has 0 heterocycles. The maximum Gasteiger partial charge on any atom is -0.00295 e. The van der Waals surface area contributed by atoms with Gasteiger partial charge in [-0.2, -0.15) is 0 Å². The zero-order chi connectivity index (χ0) is 26.5. The second kappa shape index (κ2) is 9.79. The van der Waals surface area contributed by atoms with E-state index in [0.717, 1.165) is 38.5 Å². The molecule has 0 amide bonds. The van der Waals surface area contributed by atoms with Crippen molar-refractivity contribution in [2.75, 3.05) is 0 Å². The van der Waals surface area contributed by atoms with Crippen molar-refractivity contribution in [2.24, 2.45) is 11.8 Å². The van der Waals surface area contributed by atoms with Crippen LogP contribution in [0.4, 0.5) is 0 Å². The average Bonchev–Trinajstić information content (AvgIpc) is 3.03. The summed E-state index contributed by atoms with van der Waals surface area (Å²) in [4.78, 5) is 0. The van der Waals surface area contributed by atoms with Crippen LogP contribution in [0.1, 0.15) is 53.5 Å². The van der Waals surface area contributed by atoms with E-state index in [1.807, 2.05) is 0 Å². The van der Waals surface area contributed by atoms with Gasteiger partial charge in [0.2, 0.25) is 0 Å². The van der Waals surface area contributed by atoms with E-state index < -0.39 is 0 Å². The minimum absolute atomic E-state index is 0.517. The summed E-state index contributed by atoms with van der Waals surface area (Å²) in [6.45, 7) is 0. The molecule has 8 rings (SSSR count). The second-order valence-electron chi connectivity index (χ2n) is 11.8. The number of fused-ring (bicyclic) bond motifs is 4. The van der Waals surface area contributed by atoms with Crippen LogP contribution in [0, 0.1) is 11.8 Å². The van der Waals surface area contributed by atoms with Gasteiger partial charge in [-0.3, -0.25) is 0 Å². The first-order chi connectivity index (χ1) is 19.8. The summed E-state index contributed by atoms with van der Waals surface area (Å²) >= 11 is 0. The fourth-order valence-corrected chi connectivity index (χ4v) is 7.49. The molecule has 0 bridgehead atoms. The molecule has 4 aliphatic carbocycles. The predicted molar refractivity (Wildman–Crippen MR) is 172 cm³/mol. The van der Waals surface area contributed by atoms with E-state index >= 15 is 0 Å². The Morgan fingerprint density at radius 1 is 0.625 bits per heavy atom. The minimum Gasteiger partial charge on any atom is -0.0839 e. The smallest absolute Gasteiger partial charge is 0.00295 e. The van der Waals surface area contributed by atoms with E-state index in [1.165, 1.54) is 65.7 Å². The van der Waals surface area contributed by atoms with E-state index in [1.54, 1.807) is 0 Å². The molecular formula is C40H34. The number of allylic oxidation sites excluding steroid dienone is 6. The van der Waals surface area contributed by atoms with E-state index in [-0.39, 0.29) is 0 Å². The van der Waals surface area contributed by atoms with E-state index in [9.17, 15) is 0 Å². The van der Waals surface area contributed by atoms with Crippen molar-refractivity contribution < 1.29 is 0 Å². The SMILES string of the molecule is C1=CCC(C2C=c3c(-c4ccc5c(c4)CCC=C5)c4ccccc4c(C4=Cc5ccccc5CC4)c3=CC2)C=C1. The highest BCUT2D eigenvalue weighted by atomic mass is 14.3. The summed E-state index contributed by atoms with van der Waals surface area (Å²) < 4.78 is 0. The van der Waals surface area contributed by atoms with E-state index in [2.05, 4.69) is 121 Å². The molecule has 0 heteroatoms. The van der Waals surface area contributed by atoms with Crippen molar-refractivity contribution >= 4 is 40.6 Å². The summed E-state index contributed by atoms with van der Waals surface area (Å²) in [6.07, 6.45) is 28.2. The first kappa shape index (κ1) is 23.7. The van der Waals surface area contributed by atoms with Gasteiger partial charge in [0.25, 0.3) is 0 Å². The number of aryl methyl sites for hydroxylation is 2. The monoisotopic (exact) mass is 514 g/mol.